The molecule has 2 N–H and O–H groups in total. The fourth-order valence-corrected chi connectivity index (χ4v) is 2.22. The van der Waals surface area contributed by atoms with Gasteiger partial charge in [-0.05, 0) is 43.7 Å². The van der Waals surface area contributed by atoms with E-state index in [1.165, 1.54) is 0 Å². The summed E-state index contributed by atoms with van der Waals surface area (Å²) >= 11 is 5.89. The summed E-state index contributed by atoms with van der Waals surface area (Å²) in [6.07, 6.45) is 0.0215. The number of urea groups is 1. The summed E-state index contributed by atoms with van der Waals surface area (Å²) in [5.41, 5.74) is 0.521. The molecule has 0 saturated heterocycles. The summed E-state index contributed by atoms with van der Waals surface area (Å²) in [5, 5.41) is 5.90. The van der Waals surface area contributed by atoms with Crippen molar-refractivity contribution >= 4 is 29.3 Å². The van der Waals surface area contributed by atoms with E-state index in [-0.39, 0.29) is 6.03 Å². The molecule has 0 heterocycles. The number of ether oxygens (including phenoxy) is 2. The maximum atomic E-state index is 12.2. The lowest BCUT2D eigenvalue weighted by Gasteiger charge is -2.14. The van der Waals surface area contributed by atoms with Crippen molar-refractivity contribution in [2.45, 2.75) is 26.4 Å². The number of benzene rings is 2. The highest BCUT2D eigenvalue weighted by atomic mass is 35.5. The zero-order valence-electron chi connectivity index (χ0n) is 14.6. The molecule has 1 atom stereocenters. The Morgan fingerprint density at radius 3 is 2.58 bits per heavy atom. The Morgan fingerprint density at radius 1 is 1.12 bits per heavy atom. The zero-order valence-corrected chi connectivity index (χ0v) is 15.4. The third-order valence-electron chi connectivity index (χ3n) is 3.29. The minimum atomic E-state index is -0.821. The van der Waals surface area contributed by atoms with Gasteiger partial charge in [0.1, 0.15) is 11.5 Å². The second-order valence-electron chi connectivity index (χ2n) is 5.55. The maximum absolute atomic E-state index is 12.2. The van der Waals surface area contributed by atoms with E-state index in [0.29, 0.717) is 28.8 Å². The van der Waals surface area contributed by atoms with Crippen molar-refractivity contribution in [2.24, 2.45) is 0 Å². The topological polar surface area (TPSA) is 76.7 Å². The van der Waals surface area contributed by atoms with Crippen molar-refractivity contribution in [3.05, 3.63) is 53.6 Å². The van der Waals surface area contributed by atoms with Crippen LogP contribution >= 0.6 is 11.6 Å². The van der Waals surface area contributed by atoms with E-state index in [4.69, 9.17) is 21.1 Å². The highest BCUT2D eigenvalue weighted by molar-refractivity contribution is 6.30. The van der Waals surface area contributed by atoms with Gasteiger partial charge in [0.15, 0.2) is 6.10 Å². The third kappa shape index (κ3) is 6.29. The van der Waals surface area contributed by atoms with Crippen LogP contribution in [0.1, 0.15) is 20.3 Å². The van der Waals surface area contributed by atoms with Gasteiger partial charge < -0.3 is 20.1 Å². The first-order chi connectivity index (χ1) is 12.5. The van der Waals surface area contributed by atoms with Crippen LogP contribution in [0.15, 0.2) is 48.5 Å². The highest BCUT2D eigenvalue weighted by Crippen LogP contribution is 2.20. The molecule has 2 amide bonds. The van der Waals surface area contributed by atoms with Crippen LogP contribution in [0.4, 0.5) is 10.5 Å². The molecule has 0 bridgehead atoms. The standard InChI is InChI=1S/C19H21ClN2O4/c1-3-10-21-19(24)22-15-7-5-9-17(12-15)26-18(23)13(2)25-16-8-4-6-14(20)11-16/h4-9,11-13H,3,10H2,1-2H3,(H2,21,22,24). The van der Waals surface area contributed by atoms with E-state index in [1.54, 1.807) is 55.5 Å². The lowest BCUT2D eigenvalue weighted by atomic mass is 10.3. The van der Waals surface area contributed by atoms with Gasteiger partial charge >= 0.3 is 12.0 Å². The van der Waals surface area contributed by atoms with E-state index in [2.05, 4.69) is 10.6 Å². The molecule has 0 fully saturated rings. The number of rotatable bonds is 7. The highest BCUT2D eigenvalue weighted by Gasteiger charge is 2.17. The summed E-state index contributed by atoms with van der Waals surface area (Å²) in [6.45, 7) is 4.13. The first kappa shape index (κ1) is 19.6. The number of carbonyl (C=O) groups excluding carboxylic acids is 2. The molecule has 2 aromatic carbocycles. The fourth-order valence-electron chi connectivity index (χ4n) is 2.04. The second kappa shape index (κ2) is 9.68. The second-order valence-corrected chi connectivity index (χ2v) is 5.98. The van der Waals surface area contributed by atoms with Gasteiger partial charge in [-0.3, -0.25) is 0 Å². The number of hydrogen-bond acceptors (Lipinski definition) is 4. The lowest BCUT2D eigenvalue weighted by molar-refractivity contribution is -0.141. The Morgan fingerprint density at radius 2 is 1.85 bits per heavy atom. The number of esters is 1. The number of nitrogens with one attached hydrogen (secondary N) is 2. The first-order valence-electron chi connectivity index (χ1n) is 8.26. The number of amides is 2. The van der Waals surface area contributed by atoms with Crippen LogP contribution in [0.25, 0.3) is 0 Å². The summed E-state index contributed by atoms with van der Waals surface area (Å²) in [7, 11) is 0. The molecule has 1 unspecified atom stereocenters. The van der Waals surface area contributed by atoms with Gasteiger partial charge in [-0.1, -0.05) is 30.7 Å². The Labute approximate surface area is 157 Å². The molecule has 26 heavy (non-hydrogen) atoms. The van der Waals surface area contributed by atoms with Gasteiger partial charge in [-0.2, -0.15) is 0 Å². The van der Waals surface area contributed by atoms with Crippen molar-refractivity contribution in [2.75, 3.05) is 11.9 Å². The molecule has 7 heteroatoms. The molecule has 2 rings (SSSR count). The Kier molecular flexibility index (Phi) is 7.29. The minimum absolute atomic E-state index is 0.310. The summed E-state index contributed by atoms with van der Waals surface area (Å²) in [6, 6.07) is 13.0. The van der Waals surface area contributed by atoms with Crippen LogP contribution in [-0.2, 0) is 4.79 Å². The van der Waals surface area contributed by atoms with Gasteiger partial charge in [0.25, 0.3) is 0 Å². The van der Waals surface area contributed by atoms with E-state index < -0.39 is 12.1 Å². The van der Waals surface area contributed by atoms with Crippen molar-refractivity contribution < 1.29 is 19.1 Å². The van der Waals surface area contributed by atoms with Crippen molar-refractivity contribution in [1.29, 1.82) is 0 Å². The van der Waals surface area contributed by atoms with Crippen LogP contribution in [0.5, 0.6) is 11.5 Å². The Balaban J connectivity index is 1.93. The minimum Gasteiger partial charge on any atom is -0.479 e. The van der Waals surface area contributed by atoms with Crippen LogP contribution in [0.3, 0.4) is 0 Å². The van der Waals surface area contributed by atoms with E-state index >= 15 is 0 Å². The van der Waals surface area contributed by atoms with Crippen LogP contribution in [0, 0.1) is 0 Å². The Hall–Kier alpha value is -2.73. The largest absolute Gasteiger partial charge is 0.479 e. The van der Waals surface area contributed by atoms with Crippen molar-refractivity contribution in [3.8, 4) is 11.5 Å². The molecular formula is C19H21ClN2O4. The molecule has 138 valence electrons. The summed E-state index contributed by atoms with van der Waals surface area (Å²) in [5.74, 6) is 0.229. The molecule has 2 aromatic rings. The smallest absolute Gasteiger partial charge is 0.352 e. The van der Waals surface area contributed by atoms with Crippen LogP contribution in [-0.4, -0.2) is 24.6 Å². The number of halogens is 1. The van der Waals surface area contributed by atoms with E-state index in [9.17, 15) is 9.59 Å². The van der Waals surface area contributed by atoms with Gasteiger partial charge in [0, 0.05) is 23.3 Å². The monoisotopic (exact) mass is 376 g/mol. The molecule has 0 saturated carbocycles. The predicted octanol–water partition coefficient (Wildman–Crippen LogP) is 4.24. The SMILES string of the molecule is CCCNC(=O)Nc1cccc(OC(=O)C(C)Oc2cccc(Cl)c2)c1. The fraction of sp³-hybridized carbons (Fsp3) is 0.263. The van der Waals surface area contributed by atoms with E-state index in [1.807, 2.05) is 6.92 Å². The average Bonchev–Trinajstić information content (AvgIpc) is 2.60. The summed E-state index contributed by atoms with van der Waals surface area (Å²) < 4.78 is 10.8. The van der Waals surface area contributed by atoms with Crippen LogP contribution < -0.4 is 20.1 Å². The lowest BCUT2D eigenvalue weighted by Crippen LogP contribution is -2.29. The van der Waals surface area contributed by atoms with Gasteiger partial charge in [0.2, 0.25) is 0 Å². The molecular weight excluding hydrogens is 356 g/mol. The number of hydrogen-bond donors (Lipinski definition) is 2. The average molecular weight is 377 g/mol. The predicted molar refractivity (Wildman–Crippen MR) is 101 cm³/mol. The molecule has 0 radical (unpaired) electrons. The molecule has 0 aliphatic carbocycles. The zero-order chi connectivity index (χ0) is 18.9. The number of anilines is 1. The first-order valence-corrected chi connectivity index (χ1v) is 8.64. The van der Waals surface area contributed by atoms with Crippen molar-refractivity contribution in [1.82, 2.24) is 5.32 Å². The van der Waals surface area contributed by atoms with Crippen LogP contribution in [0.2, 0.25) is 5.02 Å². The molecule has 6 nitrogen and oxygen atoms in total. The molecule has 0 aromatic heterocycles. The van der Waals surface area contributed by atoms with Crippen molar-refractivity contribution in [3.63, 3.8) is 0 Å². The van der Waals surface area contributed by atoms with E-state index in [0.717, 1.165) is 6.42 Å². The quantitative estimate of drug-likeness (QED) is 0.559. The number of carbonyl (C=O) groups is 2. The molecule has 0 aliphatic rings. The maximum Gasteiger partial charge on any atom is 0.352 e. The third-order valence-corrected chi connectivity index (χ3v) is 3.52. The normalized spacial score (nSPS) is 11.3. The summed E-state index contributed by atoms with van der Waals surface area (Å²) in [4.78, 5) is 23.9. The molecule has 0 spiro atoms. The Bertz CT molecular complexity index is 767. The molecule has 0 aliphatic heterocycles. The van der Waals surface area contributed by atoms with Gasteiger partial charge in [-0.15, -0.1) is 0 Å². The van der Waals surface area contributed by atoms with Gasteiger partial charge in [0.05, 0.1) is 0 Å². The van der Waals surface area contributed by atoms with Gasteiger partial charge in [-0.25, -0.2) is 9.59 Å².